The Balaban J connectivity index is 1.29. The molecule has 1 fully saturated rings. The van der Waals surface area contributed by atoms with Crippen molar-refractivity contribution >= 4 is 22.5 Å². The molecule has 0 aliphatic carbocycles. The van der Waals surface area contributed by atoms with Crippen LogP contribution in [-0.2, 0) is 0 Å². The molecule has 3 atom stereocenters. The van der Waals surface area contributed by atoms with Crippen LogP contribution in [-0.4, -0.2) is 40.7 Å². The first-order valence-electron chi connectivity index (χ1n) is 13.6. The van der Waals surface area contributed by atoms with Crippen molar-refractivity contribution < 1.29 is 14.6 Å². The second-order valence-corrected chi connectivity index (χ2v) is 11.7. The Morgan fingerprint density at radius 3 is 2.67 bits per heavy atom. The maximum Gasteiger partial charge on any atom is 0.150 e. The number of benzene rings is 3. The van der Waals surface area contributed by atoms with Crippen molar-refractivity contribution in [3.8, 4) is 27.7 Å². The normalized spacial score (nSPS) is 20.0. The van der Waals surface area contributed by atoms with Gasteiger partial charge in [0.2, 0.25) is 0 Å². The first-order chi connectivity index (χ1) is 19.0. The Bertz CT molecular complexity index is 1480. The van der Waals surface area contributed by atoms with Gasteiger partial charge < -0.3 is 14.6 Å². The number of aromatic hydroxyl groups is 1. The van der Waals surface area contributed by atoms with E-state index in [-0.39, 0.29) is 11.9 Å². The van der Waals surface area contributed by atoms with Crippen molar-refractivity contribution in [2.24, 2.45) is 5.92 Å². The molecule has 5 nitrogen and oxygen atoms in total. The van der Waals surface area contributed by atoms with E-state index < -0.39 is 0 Å². The molecular weight excluding hydrogens is 504 g/mol. The Kier molecular flexibility index (Phi) is 7.15. The average Bonchev–Trinajstić information content (AvgIpc) is 3.64. The number of ether oxygens (including phenoxy) is 2. The third kappa shape index (κ3) is 5.32. The summed E-state index contributed by atoms with van der Waals surface area (Å²) in [6, 6.07) is 22.4. The second kappa shape index (κ2) is 10.9. The van der Waals surface area contributed by atoms with E-state index in [0.717, 1.165) is 68.8 Å². The number of aromatic nitrogens is 1. The van der Waals surface area contributed by atoms with E-state index in [2.05, 4.69) is 61.0 Å². The zero-order valence-electron chi connectivity index (χ0n) is 22.6. The fourth-order valence-electron chi connectivity index (χ4n) is 5.67. The number of hydrogen-bond acceptors (Lipinski definition) is 6. The van der Waals surface area contributed by atoms with Crippen LogP contribution >= 0.6 is 11.3 Å². The molecule has 0 saturated carbocycles. The third-order valence-electron chi connectivity index (χ3n) is 7.92. The molecule has 1 saturated heterocycles. The van der Waals surface area contributed by atoms with Crippen molar-refractivity contribution in [2.45, 2.75) is 39.3 Å². The predicted molar refractivity (Wildman–Crippen MR) is 158 cm³/mol. The van der Waals surface area contributed by atoms with Crippen LogP contribution < -0.4 is 9.47 Å². The first-order valence-corrected chi connectivity index (χ1v) is 14.5. The van der Waals surface area contributed by atoms with Crippen molar-refractivity contribution in [3.05, 3.63) is 95.1 Å². The van der Waals surface area contributed by atoms with Crippen molar-refractivity contribution in [1.82, 2.24) is 9.88 Å². The Hall–Kier alpha value is -3.61. The summed E-state index contributed by atoms with van der Waals surface area (Å²) in [5, 5.41) is 10.3. The van der Waals surface area contributed by atoms with Crippen LogP contribution in [0.25, 0.3) is 21.6 Å². The molecule has 0 amide bonds. The fraction of sp³-hybridized carbons (Fsp3) is 0.303. The lowest BCUT2D eigenvalue weighted by Crippen LogP contribution is -2.35. The van der Waals surface area contributed by atoms with E-state index in [9.17, 15) is 5.11 Å². The number of allylic oxidation sites excluding steroid dienone is 1. The highest BCUT2D eigenvalue weighted by Crippen LogP contribution is 2.48. The van der Waals surface area contributed by atoms with Gasteiger partial charge in [-0.2, -0.15) is 0 Å². The Labute approximate surface area is 234 Å². The lowest BCUT2D eigenvalue weighted by molar-refractivity contribution is 0.169. The molecule has 3 unspecified atom stereocenters. The van der Waals surface area contributed by atoms with Crippen LogP contribution in [0.1, 0.15) is 50.0 Å². The van der Waals surface area contributed by atoms with Crippen LogP contribution in [0.3, 0.4) is 0 Å². The van der Waals surface area contributed by atoms with E-state index in [1.54, 1.807) is 17.4 Å². The van der Waals surface area contributed by atoms with Gasteiger partial charge in [0.05, 0.1) is 10.4 Å². The summed E-state index contributed by atoms with van der Waals surface area (Å²) in [5.41, 5.74) is 8.19. The molecule has 0 radical (unpaired) electrons. The number of nitrogens with zero attached hydrogens (tertiary/aromatic N) is 2. The molecule has 6 heteroatoms. The molecular formula is C33H34N2O3S. The van der Waals surface area contributed by atoms with Gasteiger partial charge in [0.1, 0.15) is 30.0 Å². The molecule has 1 N–H and O–H groups in total. The van der Waals surface area contributed by atoms with Gasteiger partial charge in [-0.1, -0.05) is 31.2 Å². The van der Waals surface area contributed by atoms with Gasteiger partial charge >= 0.3 is 0 Å². The van der Waals surface area contributed by atoms with Crippen LogP contribution in [0.4, 0.5) is 0 Å². The van der Waals surface area contributed by atoms with Gasteiger partial charge in [0.25, 0.3) is 0 Å². The number of rotatable bonds is 7. The van der Waals surface area contributed by atoms with Crippen LogP contribution in [0.5, 0.6) is 17.2 Å². The largest absolute Gasteiger partial charge is 0.508 e. The molecule has 4 aromatic rings. The van der Waals surface area contributed by atoms with E-state index in [0.29, 0.717) is 12.6 Å². The predicted octanol–water partition coefficient (Wildman–Crippen LogP) is 7.69. The number of likely N-dealkylation sites (tertiary alicyclic amines) is 1. The lowest BCUT2D eigenvalue weighted by atomic mass is 9.85. The van der Waals surface area contributed by atoms with Crippen LogP contribution in [0.15, 0.2) is 78.4 Å². The molecule has 6 rings (SSSR count). The minimum atomic E-state index is -0.312. The molecule has 39 heavy (non-hydrogen) atoms. The number of phenols is 1. The Morgan fingerprint density at radius 1 is 1.10 bits per heavy atom. The number of fused-ring (bicyclic) bond motifs is 1. The highest BCUT2D eigenvalue weighted by Gasteiger charge is 2.30. The van der Waals surface area contributed by atoms with Crippen LogP contribution in [0.2, 0.25) is 0 Å². The van der Waals surface area contributed by atoms with Crippen molar-refractivity contribution in [3.63, 3.8) is 0 Å². The molecule has 3 heterocycles. The van der Waals surface area contributed by atoms with E-state index in [4.69, 9.17) is 9.47 Å². The minimum Gasteiger partial charge on any atom is -0.508 e. The van der Waals surface area contributed by atoms with Gasteiger partial charge in [0.15, 0.2) is 0 Å². The second-order valence-electron chi connectivity index (χ2n) is 10.8. The zero-order valence-corrected chi connectivity index (χ0v) is 23.4. The summed E-state index contributed by atoms with van der Waals surface area (Å²) in [4.78, 5) is 7.88. The highest BCUT2D eigenvalue weighted by atomic mass is 32.1. The third-order valence-corrected chi connectivity index (χ3v) is 8.74. The minimum absolute atomic E-state index is 0.237. The molecule has 200 valence electrons. The summed E-state index contributed by atoms with van der Waals surface area (Å²) in [6.07, 6.45) is 2.85. The standard InChI is InChI=1S/C33H34N2O3S/c1-21-13-14-35(18-21)22(2)19-37-28-10-7-24(8-11-28)33-32(26-5-4-6-27(36)15-26)23(3)29-16-25(9-12-30(29)38-33)31-17-34-20-39-31/h4-12,15-17,20-22,33,36H,13-14,18-19H2,1-3H3. The molecule has 2 aliphatic rings. The van der Waals surface area contributed by atoms with Gasteiger partial charge in [0, 0.05) is 29.9 Å². The fourth-order valence-corrected chi connectivity index (χ4v) is 6.29. The van der Waals surface area contributed by atoms with Gasteiger partial charge in [-0.25, -0.2) is 0 Å². The lowest BCUT2D eigenvalue weighted by Gasteiger charge is -2.31. The van der Waals surface area contributed by atoms with Crippen molar-refractivity contribution in [1.29, 1.82) is 0 Å². The SMILES string of the molecule is CC1=C(c2cccc(O)c2)C(c2ccc(OCC(C)N3CCC(C)C3)cc2)Oc2ccc(-c3cncs3)cc21. The van der Waals surface area contributed by atoms with E-state index in [1.807, 2.05) is 42.0 Å². The maximum atomic E-state index is 10.3. The highest BCUT2D eigenvalue weighted by molar-refractivity contribution is 7.13. The van der Waals surface area contributed by atoms with Crippen molar-refractivity contribution in [2.75, 3.05) is 19.7 Å². The monoisotopic (exact) mass is 538 g/mol. The quantitative estimate of drug-likeness (QED) is 0.261. The van der Waals surface area contributed by atoms with E-state index in [1.165, 1.54) is 6.42 Å². The summed E-state index contributed by atoms with van der Waals surface area (Å²) in [7, 11) is 0. The average molecular weight is 539 g/mol. The molecule has 3 aromatic carbocycles. The molecule has 1 aromatic heterocycles. The smallest absolute Gasteiger partial charge is 0.150 e. The van der Waals surface area contributed by atoms with E-state index >= 15 is 0 Å². The first kappa shape index (κ1) is 25.7. The van der Waals surface area contributed by atoms with Gasteiger partial charge in [-0.05, 0) is 97.5 Å². The van der Waals surface area contributed by atoms with Gasteiger partial charge in [-0.15, -0.1) is 11.3 Å². The molecule has 0 spiro atoms. The molecule has 2 aliphatic heterocycles. The molecule has 0 bridgehead atoms. The van der Waals surface area contributed by atoms with Gasteiger partial charge in [-0.3, -0.25) is 9.88 Å². The number of phenolic OH excluding ortho intramolecular Hbond substituents is 1. The zero-order chi connectivity index (χ0) is 26.9. The summed E-state index contributed by atoms with van der Waals surface area (Å²) in [6.45, 7) is 9.69. The Morgan fingerprint density at radius 2 is 1.95 bits per heavy atom. The van der Waals surface area contributed by atoms with Crippen LogP contribution in [0, 0.1) is 5.92 Å². The number of hydrogen-bond donors (Lipinski definition) is 1. The summed E-state index contributed by atoms with van der Waals surface area (Å²) in [5.74, 6) is 2.72. The maximum absolute atomic E-state index is 10.3. The number of thiazole rings is 1. The topological polar surface area (TPSA) is 54.8 Å². The summed E-state index contributed by atoms with van der Waals surface area (Å²) < 4.78 is 12.9. The summed E-state index contributed by atoms with van der Waals surface area (Å²) >= 11 is 1.62.